The lowest BCUT2D eigenvalue weighted by atomic mass is 10.1. The molecule has 0 saturated carbocycles. The van der Waals surface area contributed by atoms with Crippen LogP contribution < -0.4 is 19.2 Å². The van der Waals surface area contributed by atoms with Crippen molar-refractivity contribution in [2.24, 2.45) is 0 Å². The molecule has 8 rings (SSSR count). The molecule has 12 nitrogen and oxygen atoms in total. The van der Waals surface area contributed by atoms with Gasteiger partial charge in [-0.15, -0.1) is 0 Å². The maximum atomic E-state index is 12.5. The van der Waals surface area contributed by atoms with Gasteiger partial charge in [0.25, 0.3) is 20.0 Å². The molecule has 2 aromatic heterocycles. The molecule has 14 heteroatoms. The largest absolute Gasteiger partial charge is 0.369 e. The smallest absolute Gasteiger partial charge is 0.279 e. The predicted octanol–water partition coefficient (Wildman–Crippen LogP) is 6.49. The highest BCUT2D eigenvalue weighted by Gasteiger charge is 2.20. The van der Waals surface area contributed by atoms with Crippen LogP contribution in [-0.4, -0.2) is 102 Å². The molecule has 0 radical (unpaired) electrons. The van der Waals surface area contributed by atoms with E-state index in [1.165, 1.54) is 35.9 Å². The predicted molar refractivity (Wildman–Crippen MR) is 241 cm³/mol. The van der Waals surface area contributed by atoms with E-state index in [-0.39, 0.29) is 9.92 Å². The van der Waals surface area contributed by atoms with Gasteiger partial charge in [-0.1, -0.05) is 66.7 Å². The fourth-order valence-corrected chi connectivity index (χ4v) is 9.34. The van der Waals surface area contributed by atoms with Gasteiger partial charge in [0, 0.05) is 107 Å². The van der Waals surface area contributed by atoms with E-state index in [9.17, 15) is 16.8 Å². The van der Waals surface area contributed by atoms with Gasteiger partial charge >= 0.3 is 0 Å². The first-order valence-electron chi connectivity index (χ1n) is 20.3. The van der Waals surface area contributed by atoms with E-state index in [0.29, 0.717) is 11.4 Å². The van der Waals surface area contributed by atoms with Gasteiger partial charge in [0.15, 0.2) is 5.03 Å². The molecule has 60 heavy (non-hydrogen) atoms. The summed E-state index contributed by atoms with van der Waals surface area (Å²) >= 11 is 0. The molecule has 0 unspecified atom stereocenters. The van der Waals surface area contributed by atoms with Gasteiger partial charge < -0.3 is 9.80 Å². The maximum absolute atomic E-state index is 12.5. The van der Waals surface area contributed by atoms with Crippen molar-refractivity contribution in [2.45, 2.75) is 22.8 Å². The number of aromatic nitrogens is 2. The van der Waals surface area contributed by atoms with Gasteiger partial charge in [-0.3, -0.25) is 24.2 Å². The lowest BCUT2D eigenvalue weighted by Crippen LogP contribution is -2.46. The average molecular weight is 845 g/mol. The van der Waals surface area contributed by atoms with Crippen LogP contribution in [0.3, 0.4) is 0 Å². The summed E-state index contributed by atoms with van der Waals surface area (Å²) in [5.41, 5.74) is 5.93. The summed E-state index contributed by atoms with van der Waals surface area (Å²) in [5, 5.41) is 0.0201. The molecule has 0 amide bonds. The molecule has 2 fully saturated rings. The fourth-order valence-electron chi connectivity index (χ4n) is 7.33. The first-order chi connectivity index (χ1) is 29.2. The van der Waals surface area contributed by atoms with E-state index in [1.54, 1.807) is 36.5 Å². The molecular weight excluding hydrogens is 793 g/mol. The SMILES string of the molecule is O=S(=O)(Nc1cccc(CCN2CCN(c3ccccc3)CC2)c1)c1ccccn1.O=S(=O)(Nc1cccc(CCN2CCN(c3ccccc3)CC2)c1)c1cccnc1. The quantitative estimate of drug-likeness (QED) is 0.126. The summed E-state index contributed by atoms with van der Waals surface area (Å²) in [6.07, 6.45) is 6.14. The van der Waals surface area contributed by atoms with E-state index in [0.717, 1.165) is 89.4 Å². The molecule has 0 spiro atoms. The van der Waals surface area contributed by atoms with E-state index in [1.807, 2.05) is 48.5 Å². The number of anilines is 4. The Labute approximate surface area is 354 Å². The Morgan fingerprint density at radius 3 is 1.45 bits per heavy atom. The molecule has 2 aliphatic heterocycles. The first-order valence-corrected chi connectivity index (χ1v) is 23.3. The molecule has 4 heterocycles. The van der Waals surface area contributed by atoms with E-state index in [4.69, 9.17) is 0 Å². The van der Waals surface area contributed by atoms with Gasteiger partial charge in [0.1, 0.15) is 4.90 Å². The minimum Gasteiger partial charge on any atom is -0.369 e. The molecule has 0 atom stereocenters. The van der Waals surface area contributed by atoms with E-state index < -0.39 is 20.0 Å². The molecule has 0 bridgehead atoms. The number of benzene rings is 4. The number of pyridine rings is 2. The first kappa shape index (κ1) is 42.3. The van der Waals surface area contributed by atoms with Crippen LogP contribution in [0.25, 0.3) is 0 Å². The number of rotatable bonds is 14. The van der Waals surface area contributed by atoms with Crippen molar-refractivity contribution in [3.8, 4) is 0 Å². The summed E-state index contributed by atoms with van der Waals surface area (Å²) in [4.78, 5) is 17.7. The number of para-hydroxylation sites is 2. The van der Waals surface area contributed by atoms with Crippen LogP contribution in [0.15, 0.2) is 168 Å². The van der Waals surface area contributed by atoms with Crippen LogP contribution in [0.4, 0.5) is 22.7 Å². The number of hydrogen-bond acceptors (Lipinski definition) is 10. The Morgan fingerprint density at radius 2 is 0.983 bits per heavy atom. The van der Waals surface area contributed by atoms with Crippen molar-refractivity contribution in [1.29, 1.82) is 0 Å². The topological polar surface area (TPSA) is 131 Å². The normalized spacial score (nSPS) is 15.1. The van der Waals surface area contributed by atoms with E-state index >= 15 is 0 Å². The van der Waals surface area contributed by atoms with Crippen LogP contribution in [0.1, 0.15) is 11.1 Å². The molecule has 2 N–H and O–H groups in total. The van der Waals surface area contributed by atoms with Crippen molar-refractivity contribution in [3.05, 3.63) is 169 Å². The summed E-state index contributed by atoms with van der Waals surface area (Å²) in [6, 6.07) is 44.3. The Hall–Kier alpha value is -5.80. The average Bonchev–Trinajstić information content (AvgIpc) is 3.29. The van der Waals surface area contributed by atoms with Crippen molar-refractivity contribution in [2.75, 3.05) is 84.7 Å². The van der Waals surface area contributed by atoms with Crippen LogP contribution in [-0.2, 0) is 32.9 Å². The summed E-state index contributed by atoms with van der Waals surface area (Å²) in [6.45, 7) is 10.1. The monoisotopic (exact) mass is 844 g/mol. The Morgan fingerprint density at radius 1 is 0.483 bits per heavy atom. The molecule has 4 aromatic carbocycles. The minimum atomic E-state index is -3.68. The van der Waals surface area contributed by atoms with Gasteiger partial charge in [0.05, 0.1) is 0 Å². The molecule has 2 saturated heterocycles. The molecule has 2 aliphatic rings. The van der Waals surface area contributed by atoms with Crippen molar-refractivity contribution in [3.63, 3.8) is 0 Å². The third-order valence-electron chi connectivity index (χ3n) is 10.6. The minimum absolute atomic E-state index is 0.0201. The summed E-state index contributed by atoms with van der Waals surface area (Å²) in [7, 11) is -7.30. The van der Waals surface area contributed by atoms with E-state index in [2.05, 4.69) is 87.5 Å². The van der Waals surface area contributed by atoms with Crippen molar-refractivity contribution >= 4 is 42.8 Å². The standard InChI is InChI=1S/2C23H26N4O2S/c28-30(29,23-10-5-12-24-19-23)25-21-7-4-6-20(18-21)11-13-26-14-16-27(17-15-26)22-8-2-1-3-9-22;28-30(29,23-11-4-5-13-24-23)25-21-8-6-7-20(19-21)12-14-26-15-17-27(18-16-26)22-9-2-1-3-10-22/h1-10,12,18-19,25H,11,13-17H2;1-11,13,19,25H,12,14-18H2. The second kappa shape index (κ2) is 20.4. The van der Waals surface area contributed by atoms with Gasteiger partial charge in [-0.05, 0) is 96.8 Å². The Bertz CT molecular complexity index is 2280. The van der Waals surface area contributed by atoms with Gasteiger partial charge in [-0.2, -0.15) is 8.42 Å². The summed E-state index contributed by atoms with van der Waals surface area (Å²) in [5.74, 6) is 0. The molecule has 312 valence electrons. The van der Waals surface area contributed by atoms with Crippen molar-refractivity contribution in [1.82, 2.24) is 19.8 Å². The molecule has 0 aliphatic carbocycles. The lowest BCUT2D eigenvalue weighted by Gasteiger charge is -2.36. The summed E-state index contributed by atoms with van der Waals surface area (Å²) < 4.78 is 55.2. The number of hydrogen-bond donors (Lipinski definition) is 2. The Kier molecular flexibility index (Phi) is 14.4. The van der Waals surface area contributed by atoms with Crippen LogP contribution in [0, 0.1) is 0 Å². The third kappa shape index (κ3) is 12.1. The number of nitrogens with zero attached hydrogens (tertiary/aromatic N) is 6. The maximum Gasteiger partial charge on any atom is 0.279 e. The second-order valence-corrected chi connectivity index (χ2v) is 18.1. The zero-order chi connectivity index (χ0) is 41.6. The Balaban J connectivity index is 0.000000181. The number of piperazine rings is 2. The fraction of sp³-hybridized carbons (Fsp3) is 0.261. The zero-order valence-electron chi connectivity index (χ0n) is 33.6. The zero-order valence-corrected chi connectivity index (χ0v) is 35.3. The molecular formula is C46H52N8O4S2. The highest BCUT2D eigenvalue weighted by atomic mass is 32.2. The second-order valence-electron chi connectivity index (χ2n) is 14.8. The van der Waals surface area contributed by atoms with Crippen LogP contribution in [0.2, 0.25) is 0 Å². The van der Waals surface area contributed by atoms with Gasteiger partial charge in [0.2, 0.25) is 0 Å². The lowest BCUT2D eigenvalue weighted by molar-refractivity contribution is 0.261. The van der Waals surface area contributed by atoms with Crippen molar-refractivity contribution < 1.29 is 16.8 Å². The number of nitrogens with one attached hydrogen (secondary N) is 2. The third-order valence-corrected chi connectivity index (χ3v) is 13.3. The molecule has 6 aromatic rings. The van der Waals surface area contributed by atoms with Gasteiger partial charge in [-0.25, -0.2) is 13.4 Å². The van der Waals surface area contributed by atoms with Crippen LogP contribution in [0.5, 0.6) is 0 Å². The van der Waals surface area contributed by atoms with Crippen LogP contribution >= 0.6 is 0 Å². The highest BCUT2D eigenvalue weighted by Crippen LogP contribution is 2.21. The highest BCUT2D eigenvalue weighted by molar-refractivity contribution is 7.93. The number of sulfonamides is 2.